The van der Waals surface area contributed by atoms with Crippen LogP contribution in [0.25, 0.3) is 0 Å². The molecule has 21 heavy (non-hydrogen) atoms. The van der Waals surface area contributed by atoms with Gasteiger partial charge in [0.1, 0.15) is 0 Å². The smallest absolute Gasteiger partial charge is 0.220 e. The van der Waals surface area contributed by atoms with E-state index in [0.29, 0.717) is 24.2 Å². The van der Waals surface area contributed by atoms with Gasteiger partial charge in [0, 0.05) is 28.6 Å². The molecule has 0 aliphatic heterocycles. The van der Waals surface area contributed by atoms with Crippen LogP contribution >= 0.6 is 23.4 Å². The summed E-state index contributed by atoms with van der Waals surface area (Å²) in [4.78, 5) is 13.0. The maximum Gasteiger partial charge on any atom is 0.220 e. The highest BCUT2D eigenvalue weighted by atomic mass is 35.5. The first-order valence-electron chi connectivity index (χ1n) is 7.55. The van der Waals surface area contributed by atoms with E-state index in [0.717, 1.165) is 22.2 Å². The predicted molar refractivity (Wildman–Crippen MR) is 93.0 cm³/mol. The van der Waals surface area contributed by atoms with Crippen molar-refractivity contribution >= 4 is 29.3 Å². The summed E-state index contributed by atoms with van der Waals surface area (Å²) in [5.41, 5.74) is 0. The van der Waals surface area contributed by atoms with Crippen molar-refractivity contribution in [3.63, 3.8) is 0 Å². The molecule has 0 aliphatic carbocycles. The highest BCUT2D eigenvalue weighted by Crippen LogP contribution is 2.21. The SMILES string of the molecule is CC(C)C(CNC(=O)CCSc1ccc(Cl)cc1)C(C)C. The van der Waals surface area contributed by atoms with Crippen LogP contribution in [0.2, 0.25) is 5.02 Å². The van der Waals surface area contributed by atoms with E-state index in [-0.39, 0.29) is 5.91 Å². The Morgan fingerprint density at radius 1 is 1.14 bits per heavy atom. The standard InChI is InChI=1S/C17H26ClNOS/c1-12(2)16(13(3)4)11-19-17(20)9-10-21-15-7-5-14(18)6-8-15/h5-8,12-13,16H,9-11H2,1-4H3,(H,19,20). The molecule has 0 bridgehead atoms. The van der Waals surface area contributed by atoms with Crippen molar-refractivity contribution < 1.29 is 4.79 Å². The van der Waals surface area contributed by atoms with Crippen molar-refractivity contribution in [1.29, 1.82) is 0 Å². The van der Waals surface area contributed by atoms with E-state index in [9.17, 15) is 4.79 Å². The molecule has 0 aliphatic rings. The minimum atomic E-state index is 0.141. The average molecular weight is 328 g/mol. The van der Waals surface area contributed by atoms with Crippen LogP contribution in [0.15, 0.2) is 29.2 Å². The molecule has 0 atom stereocenters. The van der Waals surface area contributed by atoms with Crippen molar-refractivity contribution in [1.82, 2.24) is 5.32 Å². The van der Waals surface area contributed by atoms with Crippen molar-refractivity contribution in [2.75, 3.05) is 12.3 Å². The number of nitrogens with one attached hydrogen (secondary N) is 1. The molecule has 1 aromatic carbocycles. The van der Waals surface area contributed by atoms with Gasteiger partial charge in [0.25, 0.3) is 0 Å². The van der Waals surface area contributed by atoms with Gasteiger partial charge in [-0.1, -0.05) is 39.3 Å². The van der Waals surface area contributed by atoms with Gasteiger partial charge in [0.05, 0.1) is 0 Å². The number of benzene rings is 1. The number of rotatable bonds is 8. The Morgan fingerprint density at radius 3 is 2.24 bits per heavy atom. The van der Waals surface area contributed by atoms with Crippen LogP contribution in [0, 0.1) is 17.8 Å². The molecule has 0 aromatic heterocycles. The Balaban J connectivity index is 2.26. The molecule has 1 N–H and O–H groups in total. The van der Waals surface area contributed by atoms with E-state index < -0.39 is 0 Å². The normalized spacial score (nSPS) is 11.4. The lowest BCUT2D eigenvalue weighted by Crippen LogP contribution is -2.34. The van der Waals surface area contributed by atoms with E-state index in [1.807, 2.05) is 24.3 Å². The molecule has 1 rings (SSSR count). The zero-order valence-electron chi connectivity index (χ0n) is 13.4. The summed E-state index contributed by atoms with van der Waals surface area (Å²) in [6.07, 6.45) is 0.552. The Kier molecular flexibility index (Phi) is 8.20. The fraction of sp³-hybridized carbons (Fsp3) is 0.588. The maximum absolute atomic E-state index is 11.9. The quantitative estimate of drug-likeness (QED) is 0.690. The summed E-state index contributed by atoms with van der Waals surface area (Å²) in [5, 5.41) is 3.81. The summed E-state index contributed by atoms with van der Waals surface area (Å²) in [7, 11) is 0. The molecule has 0 saturated carbocycles. The van der Waals surface area contributed by atoms with Crippen LogP contribution in [0.5, 0.6) is 0 Å². The van der Waals surface area contributed by atoms with Crippen molar-refractivity contribution in [3.05, 3.63) is 29.3 Å². The monoisotopic (exact) mass is 327 g/mol. The van der Waals surface area contributed by atoms with Crippen LogP contribution < -0.4 is 5.32 Å². The van der Waals surface area contributed by atoms with E-state index >= 15 is 0 Å². The molecule has 0 saturated heterocycles. The second kappa shape index (κ2) is 9.37. The highest BCUT2D eigenvalue weighted by Gasteiger charge is 2.17. The third kappa shape index (κ3) is 7.23. The Bertz CT molecular complexity index is 423. The average Bonchev–Trinajstić information content (AvgIpc) is 2.40. The number of hydrogen-bond donors (Lipinski definition) is 1. The number of halogens is 1. The number of carbonyl (C=O) groups is 1. The van der Waals surface area contributed by atoms with E-state index in [2.05, 4.69) is 33.0 Å². The van der Waals surface area contributed by atoms with Gasteiger partial charge in [-0.15, -0.1) is 11.8 Å². The molecule has 2 nitrogen and oxygen atoms in total. The number of carbonyl (C=O) groups excluding carboxylic acids is 1. The summed E-state index contributed by atoms with van der Waals surface area (Å²) >= 11 is 7.53. The molecule has 0 fully saturated rings. The zero-order chi connectivity index (χ0) is 15.8. The summed E-state index contributed by atoms with van der Waals surface area (Å²) in [6.45, 7) is 9.64. The van der Waals surface area contributed by atoms with Crippen molar-refractivity contribution in [3.8, 4) is 0 Å². The summed E-state index contributed by atoms with van der Waals surface area (Å²) < 4.78 is 0. The minimum absolute atomic E-state index is 0.141. The van der Waals surface area contributed by atoms with Crippen LogP contribution in [0.4, 0.5) is 0 Å². The number of thioether (sulfide) groups is 1. The molecular weight excluding hydrogens is 302 g/mol. The molecule has 1 aromatic rings. The van der Waals surface area contributed by atoms with Gasteiger partial charge in [-0.2, -0.15) is 0 Å². The third-order valence-corrected chi connectivity index (χ3v) is 4.92. The topological polar surface area (TPSA) is 29.1 Å². The largest absolute Gasteiger partial charge is 0.356 e. The second-order valence-corrected chi connectivity index (χ2v) is 7.61. The van der Waals surface area contributed by atoms with Crippen LogP contribution in [0.1, 0.15) is 34.1 Å². The van der Waals surface area contributed by atoms with E-state index in [1.54, 1.807) is 11.8 Å². The van der Waals surface area contributed by atoms with Crippen molar-refractivity contribution in [2.45, 2.75) is 39.0 Å². The Morgan fingerprint density at radius 2 is 1.71 bits per heavy atom. The molecule has 0 spiro atoms. The van der Waals surface area contributed by atoms with Gasteiger partial charge in [-0.25, -0.2) is 0 Å². The van der Waals surface area contributed by atoms with E-state index in [4.69, 9.17) is 11.6 Å². The van der Waals surface area contributed by atoms with Gasteiger partial charge < -0.3 is 5.32 Å². The van der Waals surface area contributed by atoms with Gasteiger partial charge in [-0.05, 0) is 42.0 Å². The molecule has 0 unspecified atom stereocenters. The minimum Gasteiger partial charge on any atom is -0.356 e. The lowest BCUT2D eigenvalue weighted by molar-refractivity contribution is -0.121. The first kappa shape index (κ1) is 18.4. The fourth-order valence-corrected chi connectivity index (χ4v) is 3.33. The van der Waals surface area contributed by atoms with Crippen LogP contribution in [-0.2, 0) is 4.79 Å². The first-order valence-corrected chi connectivity index (χ1v) is 8.91. The van der Waals surface area contributed by atoms with Crippen LogP contribution in [-0.4, -0.2) is 18.2 Å². The summed E-state index contributed by atoms with van der Waals surface area (Å²) in [6, 6.07) is 7.72. The number of hydrogen-bond acceptors (Lipinski definition) is 2. The van der Waals surface area contributed by atoms with Gasteiger partial charge >= 0.3 is 0 Å². The maximum atomic E-state index is 11.9. The molecule has 4 heteroatoms. The lowest BCUT2D eigenvalue weighted by atomic mass is 9.85. The van der Waals surface area contributed by atoms with E-state index in [1.165, 1.54) is 0 Å². The zero-order valence-corrected chi connectivity index (χ0v) is 14.9. The van der Waals surface area contributed by atoms with Gasteiger partial charge in [-0.3, -0.25) is 4.79 Å². The first-order chi connectivity index (χ1) is 9.90. The molecule has 0 heterocycles. The highest BCUT2D eigenvalue weighted by molar-refractivity contribution is 7.99. The van der Waals surface area contributed by atoms with Gasteiger partial charge in [0.2, 0.25) is 5.91 Å². The second-order valence-electron chi connectivity index (χ2n) is 6.01. The number of amides is 1. The van der Waals surface area contributed by atoms with Crippen LogP contribution in [0.3, 0.4) is 0 Å². The Hall–Kier alpha value is -0.670. The van der Waals surface area contributed by atoms with Crippen molar-refractivity contribution in [2.24, 2.45) is 17.8 Å². The predicted octanol–water partition coefficient (Wildman–Crippen LogP) is 4.87. The molecule has 118 valence electrons. The molecular formula is C17H26ClNOS. The summed E-state index contributed by atoms with van der Waals surface area (Å²) in [5.74, 6) is 2.66. The Labute approximate surface area is 138 Å². The molecule has 0 radical (unpaired) electrons. The lowest BCUT2D eigenvalue weighted by Gasteiger charge is -2.25. The molecule has 1 amide bonds. The van der Waals surface area contributed by atoms with Gasteiger partial charge in [0.15, 0.2) is 0 Å². The third-order valence-electron chi connectivity index (χ3n) is 3.66. The fourth-order valence-electron chi connectivity index (χ4n) is 2.35.